The fourth-order valence-electron chi connectivity index (χ4n) is 1.69. The molecule has 94 valence electrons. The van der Waals surface area contributed by atoms with E-state index in [0.29, 0.717) is 18.8 Å². The summed E-state index contributed by atoms with van der Waals surface area (Å²) in [5.74, 6) is 0.693. The standard InChI is InChI=1S/C13H18ClNO2/c1-2-7-15(8-6-14)13(17)10-11-4-3-5-12(16)9-11/h3-5,9,16H,2,6-8,10H2,1H3. The number of alkyl halides is 1. The van der Waals surface area contributed by atoms with Gasteiger partial charge in [0.05, 0.1) is 6.42 Å². The SMILES string of the molecule is CCCN(CCCl)C(=O)Cc1cccc(O)c1. The Morgan fingerprint density at radius 1 is 1.41 bits per heavy atom. The van der Waals surface area contributed by atoms with E-state index >= 15 is 0 Å². The van der Waals surface area contributed by atoms with Gasteiger partial charge in [-0.25, -0.2) is 0 Å². The van der Waals surface area contributed by atoms with E-state index in [1.165, 1.54) is 0 Å². The summed E-state index contributed by atoms with van der Waals surface area (Å²) in [5, 5.41) is 9.33. The minimum Gasteiger partial charge on any atom is -0.508 e. The lowest BCUT2D eigenvalue weighted by Gasteiger charge is -2.21. The molecule has 1 amide bonds. The quantitative estimate of drug-likeness (QED) is 0.793. The van der Waals surface area contributed by atoms with Gasteiger partial charge in [0.2, 0.25) is 5.91 Å². The van der Waals surface area contributed by atoms with Gasteiger partial charge in [0.1, 0.15) is 5.75 Å². The number of hydrogen-bond acceptors (Lipinski definition) is 2. The molecule has 0 heterocycles. The summed E-state index contributed by atoms with van der Waals surface area (Å²) in [7, 11) is 0. The van der Waals surface area contributed by atoms with E-state index in [9.17, 15) is 9.90 Å². The van der Waals surface area contributed by atoms with Crippen molar-refractivity contribution in [2.45, 2.75) is 19.8 Å². The molecular weight excluding hydrogens is 238 g/mol. The maximum atomic E-state index is 12.0. The summed E-state index contributed by atoms with van der Waals surface area (Å²) in [6, 6.07) is 6.78. The molecule has 0 unspecified atom stereocenters. The van der Waals surface area contributed by atoms with Crippen LogP contribution in [0.25, 0.3) is 0 Å². The number of aromatic hydroxyl groups is 1. The Kier molecular flexibility index (Phi) is 5.84. The Bertz CT molecular complexity index is 362. The fraction of sp³-hybridized carbons (Fsp3) is 0.462. The van der Waals surface area contributed by atoms with Crippen molar-refractivity contribution in [3.05, 3.63) is 29.8 Å². The van der Waals surface area contributed by atoms with Crippen LogP contribution in [-0.2, 0) is 11.2 Å². The van der Waals surface area contributed by atoms with Crippen molar-refractivity contribution in [2.75, 3.05) is 19.0 Å². The molecule has 0 atom stereocenters. The van der Waals surface area contributed by atoms with Gasteiger partial charge in [-0.15, -0.1) is 11.6 Å². The predicted molar refractivity (Wildman–Crippen MR) is 69.4 cm³/mol. The zero-order chi connectivity index (χ0) is 12.7. The molecule has 0 aliphatic heterocycles. The summed E-state index contributed by atoms with van der Waals surface area (Å²) in [6.07, 6.45) is 1.23. The van der Waals surface area contributed by atoms with Crippen LogP contribution in [0, 0.1) is 0 Å². The zero-order valence-electron chi connectivity index (χ0n) is 10.0. The first-order valence-corrected chi connectivity index (χ1v) is 6.32. The van der Waals surface area contributed by atoms with Gasteiger partial charge in [-0.2, -0.15) is 0 Å². The van der Waals surface area contributed by atoms with Crippen molar-refractivity contribution in [3.8, 4) is 5.75 Å². The van der Waals surface area contributed by atoms with Crippen LogP contribution in [0.4, 0.5) is 0 Å². The lowest BCUT2D eigenvalue weighted by Crippen LogP contribution is -2.34. The van der Waals surface area contributed by atoms with E-state index < -0.39 is 0 Å². The first kappa shape index (κ1) is 13.8. The van der Waals surface area contributed by atoms with Gasteiger partial charge in [0.25, 0.3) is 0 Å². The van der Waals surface area contributed by atoms with Gasteiger partial charge >= 0.3 is 0 Å². The monoisotopic (exact) mass is 255 g/mol. The molecule has 1 rings (SSSR count). The second kappa shape index (κ2) is 7.17. The molecule has 0 radical (unpaired) electrons. The molecule has 1 aromatic carbocycles. The van der Waals surface area contributed by atoms with Crippen LogP contribution >= 0.6 is 11.6 Å². The van der Waals surface area contributed by atoms with Gasteiger partial charge < -0.3 is 10.0 Å². The number of phenolic OH excluding ortho intramolecular Hbond substituents is 1. The second-order valence-corrected chi connectivity index (χ2v) is 4.29. The third kappa shape index (κ3) is 4.65. The number of amides is 1. The Hall–Kier alpha value is -1.22. The molecular formula is C13H18ClNO2. The highest BCUT2D eigenvalue weighted by atomic mass is 35.5. The summed E-state index contributed by atoms with van der Waals surface area (Å²) in [5.41, 5.74) is 0.825. The van der Waals surface area contributed by atoms with Crippen LogP contribution in [0.15, 0.2) is 24.3 Å². The van der Waals surface area contributed by atoms with Crippen LogP contribution in [0.5, 0.6) is 5.75 Å². The highest BCUT2D eigenvalue weighted by molar-refractivity contribution is 6.18. The lowest BCUT2D eigenvalue weighted by atomic mass is 10.1. The summed E-state index contributed by atoms with van der Waals surface area (Å²) < 4.78 is 0. The maximum Gasteiger partial charge on any atom is 0.227 e. The molecule has 0 aromatic heterocycles. The zero-order valence-corrected chi connectivity index (χ0v) is 10.8. The van der Waals surface area contributed by atoms with Gasteiger partial charge in [0, 0.05) is 19.0 Å². The molecule has 0 fully saturated rings. The van der Waals surface area contributed by atoms with Crippen molar-refractivity contribution >= 4 is 17.5 Å². The number of hydrogen-bond donors (Lipinski definition) is 1. The molecule has 4 heteroatoms. The van der Waals surface area contributed by atoms with Crippen molar-refractivity contribution in [1.82, 2.24) is 4.90 Å². The number of carbonyl (C=O) groups is 1. The Labute approximate surface area is 107 Å². The Morgan fingerprint density at radius 2 is 2.18 bits per heavy atom. The average Bonchev–Trinajstić information content (AvgIpc) is 2.28. The molecule has 0 spiro atoms. The molecule has 1 aromatic rings. The van der Waals surface area contributed by atoms with E-state index in [-0.39, 0.29) is 11.7 Å². The Balaban J connectivity index is 2.62. The minimum absolute atomic E-state index is 0.0538. The second-order valence-electron chi connectivity index (χ2n) is 3.92. The van der Waals surface area contributed by atoms with Crippen LogP contribution in [0.3, 0.4) is 0 Å². The molecule has 1 N–H and O–H groups in total. The first-order valence-electron chi connectivity index (χ1n) is 5.79. The minimum atomic E-state index is 0.0538. The molecule has 0 bridgehead atoms. The van der Waals surface area contributed by atoms with E-state index in [2.05, 4.69) is 0 Å². The summed E-state index contributed by atoms with van der Waals surface area (Å²) >= 11 is 5.67. The van der Waals surface area contributed by atoms with Crippen molar-refractivity contribution in [3.63, 3.8) is 0 Å². The maximum absolute atomic E-state index is 12.0. The van der Waals surface area contributed by atoms with Gasteiger partial charge in [-0.05, 0) is 24.1 Å². The van der Waals surface area contributed by atoms with E-state index in [1.54, 1.807) is 23.1 Å². The third-order valence-electron chi connectivity index (χ3n) is 2.47. The Morgan fingerprint density at radius 3 is 2.76 bits per heavy atom. The molecule has 0 saturated carbocycles. The molecule has 0 aliphatic rings. The predicted octanol–water partition coefficient (Wildman–Crippen LogP) is 2.41. The molecule has 0 aliphatic carbocycles. The number of phenols is 1. The average molecular weight is 256 g/mol. The van der Waals surface area contributed by atoms with E-state index in [0.717, 1.165) is 18.5 Å². The van der Waals surface area contributed by atoms with Crippen LogP contribution in [0.2, 0.25) is 0 Å². The largest absolute Gasteiger partial charge is 0.508 e. The number of carbonyl (C=O) groups excluding carboxylic acids is 1. The summed E-state index contributed by atoms with van der Waals surface area (Å²) in [4.78, 5) is 13.8. The van der Waals surface area contributed by atoms with Crippen LogP contribution in [-0.4, -0.2) is 34.9 Å². The lowest BCUT2D eigenvalue weighted by molar-refractivity contribution is -0.130. The molecule has 0 saturated heterocycles. The first-order chi connectivity index (χ1) is 8.17. The number of benzene rings is 1. The highest BCUT2D eigenvalue weighted by Crippen LogP contribution is 2.12. The third-order valence-corrected chi connectivity index (χ3v) is 2.64. The normalized spacial score (nSPS) is 10.2. The van der Waals surface area contributed by atoms with Gasteiger partial charge in [-0.1, -0.05) is 19.1 Å². The smallest absolute Gasteiger partial charge is 0.227 e. The summed E-state index contributed by atoms with van der Waals surface area (Å²) in [6.45, 7) is 3.33. The number of nitrogens with zero attached hydrogens (tertiary/aromatic N) is 1. The van der Waals surface area contributed by atoms with Gasteiger partial charge in [-0.3, -0.25) is 4.79 Å². The van der Waals surface area contributed by atoms with Crippen molar-refractivity contribution in [1.29, 1.82) is 0 Å². The highest BCUT2D eigenvalue weighted by Gasteiger charge is 2.12. The van der Waals surface area contributed by atoms with Crippen LogP contribution in [0.1, 0.15) is 18.9 Å². The van der Waals surface area contributed by atoms with Crippen molar-refractivity contribution in [2.24, 2.45) is 0 Å². The van der Waals surface area contributed by atoms with E-state index in [4.69, 9.17) is 11.6 Å². The van der Waals surface area contributed by atoms with E-state index in [1.807, 2.05) is 13.0 Å². The van der Waals surface area contributed by atoms with Gasteiger partial charge in [0.15, 0.2) is 0 Å². The number of halogens is 1. The topological polar surface area (TPSA) is 40.5 Å². The molecule has 3 nitrogen and oxygen atoms in total. The van der Waals surface area contributed by atoms with Crippen molar-refractivity contribution < 1.29 is 9.90 Å². The number of rotatable bonds is 6. The van der Waals surface area contributed by atoms with Crippen LogP contribution < -0.4 is 0 Å². The molecule has 17 heavy (non-hydrogen) atoms. The fourth-order valence-corrected chi connectivity index (χ4v) is 1.89.